The Kier molecular flexibility index (Phi) is 3.56. The number of hydrogen-bond acceptors (Lipinski definition) is 1. The van der Waals surface area contributed by atoms with E-state index in [0.717, 1.165) is 0 Å². The lowest BCUT2D eigenvalue weighted by atomic mass is 11.9. The third-order valence-corrected chi connectivity index (χ3v) is 0.567. The Morgan fingerprint density at radius 2 is 2.25 bits per heavy atom. The molecule has 0 aliphatic heterocycles. The SMILES string of the molecule is O=[SiH]CCl. The standard InChI is InChI=1S/CH3ClOSi/c2-1-4-3/h4H,1H2. The zero-order valence-electron chi connectivity index (χ0n) is 2.07. The van der Waals surface area contributed by atoms with Crippen molar-refractivity contribution in [1.82, 2.24) is 0 Å². The van der Waals surface area contributed by atoms with Gasteiger partial charge in [0, 0.05) is 0 Å². The molecule has 0 aromatic carbocycles. The molecular weight excluding hydrogens is 91.5 g/mol. The number of hydrogen-bond donors (Lipinski definition) is 0. The van der Waals surface area contributed by atoms with Gasteiger partial charge in [-0.25, -0.2) is 0 Å². The van der Waals surface area contributed by atoms with Crippen LogP contribution in [0.5, 0.6) is 0 Å². The third kappa shape index (κ3) is 2.31. The van der Waals surface area contributed by atoms with E-state index in [2.05, 4.69) is 0 Å². The maximum Gasteiger partial charge on any atom is 0.276 e. The van der Waals surface area contributed by atoms with Crippen LogP contribution >= 0.6 is 11.6 Å². The molecule has 0 unspecified atom stereocenters. The van der Waals surface area contributed by atoms with Crippen molar-refractivity contribution in [2.75, 3.05) is 5.50 Å². The Labute approximate surface area is 31.8 Å². The zero-order chi connectivity index (χ0) is 3.41. The van der Waals surface area contributed by atoms with Crippen LogP contribution in [0.4, 0.5) is 0 Å². The topological polar surface area (TPSA) is 17.1 Å². The molecule has 0 aromatic rings. The average Bonchev–Trinajstić information content (AvgIpc) is 1.37. The third-order valence-electron chi connectivity index (χ3n) is 0.0630. The van der Waals surface area contributed by atoms with E-state index in [1.807, 2.05) is 0 Å². The van der Waals surface area contributed by atoms with Crippen molar-refractivity contribution < 1.29 is 4.46 Å². The Morgan fingerprint density at radius 1 is 2.00 bits per heavy atom. The molecule has 3 heteroatoms. The highest BCUT2D eigenvalue weighted by atomic mass is 35.5. The van der Waals surface area contributed by atoms with Crippen LogP contribution < -0.4 is 0 Å². The van der Waals surface area contributed by atoms with E-state index in [9.17, 15) is 4.46 Å². The highest BCUT2D eigenvalue weighted by Crippen LogP contribution is 1.56. The molecule has 0 fully saturated rings. The largest absolute Gasteiger partial charge is 0.391 e. The molecule has 0 saturated heterocycles. The molecular formula is CH3ClOSi. The van der Waals surface area contributed by atoms with Gasteiger partial charge < -0.3 is 4.46 Å². The van der Waals surface area contributed by atoms with E-state index >= 15 is 0 Å². The molecule has 0 saturated carbocycles. The van der Waals surface area contributed by atoms with Gasteiger partial charge in [-0.05, 0) is 0 Å². The molecule has 1 nitrogen and oxygen atoms in total. The lowest BCUT2D eigenvalue weighted by Gasteiger charge is -1.46. The van der Waals surface area contributed by atoms with Gasteiger partial charge in [-0.15, -0.1) is 11.6 Å². The van der Waals surface area contributed by atoms with Crippen LogP contribution in [0.3, 0.4) is 0 Å². The normalized spacial score (nSPS) is 6.25. The van der Waals surface area contributed by atoms with Crippen molar-refractivity contribution in [2.24, 2.45) is 0 Å². The minimum atomic E-state index is -0.702. The molecule has 24 valence electrons. The van der Waals surface area contributed by atoms with Gasteiger partial charge in [-0.3, -0.25) is 0 Å². The second kappa shape index (κ2) is 3.31. The second-order valence-corrected chi connectivity index (χ2v) is 1.89. The Balaban J connectivity index is 2.30. The predicted octanol–water partition coefficient (Wildman–Crippen LogP) is -0.0353. The molecule has 0 spiro atoms. The molecule has 0 rings (SSSR count). The minimum Gasteiger partial charge on any atom is -0.391 e. The van der Waals surface area contributed by atoms with E-state index in [1.54, 1.807) is 0 Å². The zero-order valence-corrected chi connectivity index (χ0v) is 3.98. The lowest BCUT2D eigenvalue weighted by Crippen LogP contribution is -1.67. The summed E-state index contributed by atoms with van der Waals surface area (Å²) in [6.07, 6.45) is 0. The molecule has 0 aliphatic carbocycles. The van der Waals surface area contributed by atoms with Crippen LogP contribution in [0, 0.1) is 0 Å². The summed E-state index contributed by atoms with van der Waals surface area (Å²) in [7, 11) is -0.702. The molecule has 0 N–H and O–H groups in total. The highest BCUT2D eigenvalue weighted by molar-refractivity contribution is 6.40. The summed E-state index contributed by atoms with van der Waals surface area (Å²) in [5, 5.41) is 0. The summed E-state index contributed by atoms with van der Waals surface area (Å²) in [5.74, 6) is 0. The van der Waals surface area contributed by atoms with Crippen LogP contribution in [0.15, 0.2) is 0 Å². The highest BCUT2D eigenvalue weighted by Gasteiger charge is 1.59. The summed E-state index contributed by atoms with van der Waals surface area (Å²) in [5.41, 5.74) is 0.319. The number of rotatable bonds is 1. The summed E-state index contributed by atoms with van der Waals surface area (Å²) in [4.78, 5) is 0. The first kappa shape index (κ1) is 4.31. The number of alkyl halides is 1. The Morgan fingerprint density at radius 3 is 2.25 bits per heavy atom. The van der Waals surface area contributed by atoms with Crippen molar-refractivity contribution in [2.45, 2.75) is 0 Å². The van der Waals surface area contributed by atoms with E-state index in [-0.39, 0.29) is 0 Å². The molecule has 4 heavy (non-hydrogen) atoms. The van der Waals surface area contributed by atoms with E-state index < -0.39 is 9.41 Å². The van der Waals surface area contributed by atoms with Crippen LogP contribution in [0.2, 0.25) is 0 Å². The molecule has 0 bridgehead atoms. The van der Waals surface area contributed by atoms with Crippen molar-refractivity contribution in [3.05, 3.63) is 0 Å². The van der Waals surface area contributed by atoms with Gasteiger partial charge in [0.2, 0.25) is 0 Å². The van der Waals surface area contributed by atoms with Crippen LogP contribution in [-0.4, -0.2) is 14.9 Å². The van der Waals surface area contributed by atoms with Gasteiger partial charge in [0.25, 0.3) is 9.41 Å². The van der Waals surface area contributed by atoms with Gasteiger partial charge in [0.05, 0.1) is 5.50 Å². The molecule has 0 amide bonds. The molecule has 0 atom stereocenters. The fourth-order valence-electron chi connectivity index (χ4n) is 0. The molecule has 0 heterocycles. The van der Waals surface area contributed by atoms with Crippen LogP contribution in [-0.2, 0) is 4.46 Å². The van der Waals surface area contributed by atoms with Gasteiger partial charge in [0.1, 0.15) is 0 Å². The van der Waals surface area contributed by atoms with Gasteiger partial charge in [-0.2, -0.15) is 0 Å². The first-order valence-corrected chi connectivity index (χ1v) is 2.73. The smallest absolute Gasteiger partial charge is 0.276 e. The van der Waals surface area contributed by atoms with Gasteiger partial charge in [0.15, 0.2) is 0 Å². The van der Waals surface area contributed by atoms with Crippen molar-refractivity contribution in [1.29, 1.82) is 0 Å². The predicted molar refractivity (Wildman–Crippen MR) is 18.6 cm³/mol. The van der Waals surface area contributed by atoms with E-state index in [0.29, 0.717) is 5.50 Å². The second-order valence-electron chi connectivity index (χ2n) is 0.321. The van der Waals surface area contributed by atoms with Gasteiger partial charge >= 0.3 is 0 Å². The minimum absolute atomic E-state index is 0.319. The van der Waals surface area contributed by atoms with Crippen molar-refractivity contribution in [3.8, 4) is 0 Å². The molecule has 0 aromatic heterocycles. The van der Waals surface area contributed by atoms with E-state index in [1.165, 1.54) is 0 Å². The maximum atomic E-state index is 9.25. The van der Waals surface area contributed by atoms with Crippen molar-refractivity contribution >= 4 is 21.0 Å². The average molecular weight is 94.6 g/mol. The first-order chi connectivity index (χ1) is 1.91. The quantitative estimate of drug-likeness (QED) is 0.329. The fourth-order valence-corrected chi connectivity index (χ4v) is 0. The summed E-state index contributed by atoms with van der Waals surface area (Å²) in [6.45, 7) is 0. The first-order valence-electron chi connectivity index (χ1n) is 0.911. The van der Waals surface area contributed by atoms with Crippen molar-refractivity contribution in [3.63, 3.8) is 0 Å². The van der Waals surface area contributed by atoms with Gasteiger partial charge in [-0.1, -0.05) is 0 Å². The summed E-state index contributed by atoms with van der Waals surface area (Å²) in [6, 6.07) is 0. The Bertz CT molecular complexity index is 22.0. The monoisotopic (exact) mass is 94.0 g/mol. The summed E-state index contributed by atoms with van der Waals surface area (Å²) < 4.78 is 9.25. The van der Waals surface area contributed by atoms with Crippen LogP contribution in [0.1, 0.15) is 0 Å². The molecule has 0 aliphatic rings. The Hall–Kier alpha value is 0.307. The lowest BCUT2D eigenvalue weighted by molar-refractivity contribution is 0.580. The fraction of sp³-hybridized carbons (Fsp3) is 1.00. The molecule has 0 radical (unpaired) electrons. The summed E-state index contributed by atoms with van der Waals surface area (Å²) >= 11 is 4.91. The maximum absolute atomic E-state index is 9.25. The van der Waals surface area contributed by atoms with E-state index in [4.69, 9.17) is 11.6 Å². The number of halogens is 1. The van der Waals surface area contributed by atoms with Crippen LogP contribution in [0.25, 0.3) is 0 Å².